The molecule has 0 atom stereocenters. The van der Waals surface area contributed by atoms with Crippen LogP contribution in [0, 0.1) is 0 Å². The number of piperazine rings is 1. The van der Waals surface area contributed by atoms with Crippen LogP contribution in [0.25, 0.3) is 0 Å². The number of hydrazone groups is 1. The van der Waals surface area contributed by atoms with Crippen molar-refractivity contribution in [3.05, 3.63) is 51.1 Å². The fourth-order valence-corrected chi connectivity index (χ4v) is 4.05. The number of para-hydroxylation sites is 1. The lowest BCUT2D eigenvalue weighted by atomic mass is 10.2. The standard InChI is InChI=1S/C18H21BrN4OS/c19-15-12-17(25-14-15)13-20-21-18(24)6-7-22-8-10-23(11-9-22)16-4-2-1-3-5-16/h1-5,12-14H,6-11H2,(H,21,24)/b20-13+. The van der Waals surface area contributed by atoms with Crippen LogP contribution in [-0.4, -0.2) is 49.7 Å². The van der Waals surface area contributed by atoms with Gasteiger partial charge in [-0.2, -0.15) is 5.10 Å². The van der Waals surface area contributed by atoms with Crippen molar-refractivity contribution >= 4 is 45.1 Å². The molecule has 25 heavy (non-hydrogen) atoms. The Morgan fingerprint density at radius 1 is 1.24 bits per heavy atom. The Hall–Kier alpha value is -1.70. The molecule has 0 unspecified atom stereocenters. The zero-order valence-electron chi connectivity index (χ0n) is 13.9. The first-order valence-corrected chi connectivity index (χ1v) is 9.96. The molecule has 2 aromatic rings. The Labute approximate surface area is 160 Å². The highest BCUT2D eigenvalue weighted by atomic mass is 79.9. The van der Waals surface area contributed by atoms with Crippen LogP contribution in [0.4, 0.5) is 5.69 Å². The van der Waals surface area contributed by atoms with Gasteiger partial charge in [0, 0.05) is 59.6 Å². The zero-order chi connectivity index (χ0) is 17.5. The normalized spacial score (nSPS) is 15.6. The quantitative estimate of drug-likeness (QED) is 0.576. The van der Waals surface area contributed by atoms with Crippen LogP contribution in [0.1, 0.15) is 11.3 Å². The number of carbonyl (C=O) groups excluding carboxylic acids is 1. The molecule has 0 aliphatic carbocycles. The van der Waals surface area contributed by atoms with E-state index in [2.05, 4.69) is 60.5 Å². The number of hydrogen-bond donors (Lipinski definition) is 1. The maximum Gasteiger partial charge on any atom is 0.241 e. The first-order chi connectivity index (χ1) is 12.2. The van der Waals surface area contributed by atoms with Crippen molar-refractivity contribution in [2.75, 3.05) is 37.6 Å². The molecule has 0 bridgehead atoms. The molecule has 0 saturated carbocycles. The molecule has 1 fully saturated rings. The van der Waals surface area contributed by atoms with E-state index >= 15 is 0 Å². The SMILES string of the molecule is O=C(CCN1CCN(c2ccccc2)CC1)N/N=C/c1cc(Br)cs1. The number of hydrogen-bond acceptors (Lipinski definition) is 5. The minimum Gasteiger partial charge on any atom is -0.369 e. The van der Waals surface area contributed by atoms with Crippen molar-refractivity contribution in [2.45, 2.75) is 6.42 Å². The molecule has 1 N–H and O–H groups in total. The number of anilines is 1. The van der Waals surface area contributed by atoms with Gasteiger partial charge in [-0.15, -0.1) is 11.3 Å². The summed E-state index contributed by atoms with van der Waals surface area (Å²) in [6, 6.07) is 12.4. The summed E-state index contributed by atoms with van der Waals surface area (Å²) in [4.78, 5) is 17.6. The predicted octanol–water partition coefficient (Wildman–Crippen LogP) is 3.17. The Bertz CT molecular complexity index is 711. The molecule has 2 heterocycles. The molecule has 1 amide bonds. The Morgan fingerprint density at radius 3 is 2.68 bits per heavy atom. The monoisotopic (exact) mass is 420 g/mol. The van der Waals surface area contributed by atoms with E-state index in [0.717, 1.165) is 42.1 Å². The molecule has 1 aliphatic rings. The van der Waals surface area contributed by atoms with E-state index in [-0.39, 0.29) is 5.91 Å². The average Bonchev–Trinajstić information content (AvgIpc) is 3.06. The molecule has 3 rings (SSSR count). The number of nitrogens with zero attached hydrogens (tertiary/aromatic N) is 3. The van der Waals surface area contributed by atoms with Crippen molar-refractivity contribution in [1.29, 1.82) is 0 Å². The molecule has 7 heteroatoms. The van der Waals surface area contributed by atoms with Gasteiger partial charge in [-0.3, -0.25) is 9.69 Å². The third-order valence-electron chi connectivity index (χ3n) is 4.12. The van der Waals surface area contributed by atoms with Crippen molar-refractivity contribution < 1.29 is 4.79 Å². The molecule has 132 valence electrons. The van der Waals surface area contributed by atoms with Gasteiger partial charge in [-0.05, 0) is 34.1 Å². The minimum atomic E-state index is -0.0441. The summed E-state index contributed by atoms with van der Waals surface area (Å²) in [6.45, 7) is 4.73. The average molecular weight is 421 g/mol. The van der Waals surface area contributed by atoms with Gasteiger partial charge in [0.05, 0.1) is 6.21 Å². The molecule has 0 spiro atoms. The van der Waals surface area contributed by atoms with Gasteiger partial charge in [-0.25, -0.2) is 5.43 Å². The van der Waals surface area contributed by atoms with Crippen LogP contribution in [0.3, 0.4) is 0 Å². The first kappa shape index (κ1) is 18.1. The lowest BCUT2D eigenvalue weighted by molar-refractivity contribution is -0.121. The van der Waals surface area contributed by atoms with Gasteiger partial charge >= 0.3 is 0 Å². The van der Waals surface area contributed by atoms with E-state index in [1.165, 1.54) is 5.69 Å². The molecule has 0 radical (unpaired) electrons. The Balaban J connectivity index is 1.35. The summed E-state index contributed by atoms with van der Waals surface area (Å²) in [6.07, 6.45) is 2.14. The van der Waals surface area contributed by atoms with Gasteiger partial charge < -0.3 is 4.90 Å². The molecule has 1 aliphatic heterocycles. The third-order valence-corrected chi connectivity index (χ3v) is 5.75. The number of thiophene rings is 1. The highest BCUT2D eigenvalue weighted by Gasteiger charge is 2.17. The highest BCUT2D eigenvalue weighted by molar-refractivity contribution is 9.10. The van der Waals surface area contributed by atoms with Gasteiger partial charge in [0.2, 0.25) is 5.91 Å². The topological polar surface area (TPSA) is 47.9 Å². The number of rotatable bonds is 6. The van der Waals surface area contributed by atoms with E-state index in [1.807, 2.05) is 17.5 Å². The molecule has 5 nitrogen and oxygen atoms in total. The van der Waals surface area contributed by atoms with Crippen LogP contribution in [0.2, 0.25) is 0 Å². The highest BCUT2D eigenvalue weighted by Crippen LogP contribution is 2.18. The molecular weight excluding hydrogens is 400 g/mol. The largest absolute Gasteiger partial charge is 0.369 e. The second-order valence-corrected chi connectivity index (χ2v) is 7.73. The third kappa shape index (κ3) is 5.66. The smallest absolute Gasteiger partial charge is 0.241 e. The van der Waals surface area contributed by atoms with E-state index in [1.54, 1.807) is 17.6 Å². The lowest BCUT2D eigenvalue weighted by Crippen LogP contribution is -2.47. The summed E-state index contributed by atoms with van der Waals surface area (Å²) >= 11 is 4.97. The van der Waals surface area contributed by atoms with E-state index in [4.69, 9.17) is 0 Å². The van der Waals surface area contributed by atoms with Crippen molar-refractivity contribution in [3.63, 3.8) is 0 Å². The molecular formula is C18H21BrN4OS. The van der Waals surface area contributed by atoms with E-state index < -0.39 is 0 Å². The molecule has 1 aromatic carbocycles. The fraction of sp³-hybridized carbons (Fsp3) is 0.333. The predicted molar refractivity (Wildman–Crippen MR) is 107 cm³/mol. The second-order valence-electron chi connectivity index (χ2n) is 5.87. The van der Waals surface area contributed by atoms with E-state index in [9.17, 15) is 4.79 Å². The number of amides is 1. The number of carbonyl (C=O) groups is 1. The fourth-order valence-electron chi connectivity index (χ4n) is 2.75. The minimum absolute atomic E-state index is 0.0441. The maximum atomic E-state index is 11.9. The van der Waals surface area contributed by atoms with Crippen molar-refractivity contribution in [2.24, 2.45) is 5.10 Å². The van der Waals surface area contributed by atoms with Crippen LogP contribution < -0.4 is 10.3 Å². The second kappa shape index (κ2) is 9.12. The number of nitrogens with one attached hydrogen (secondary N) is 1. The van der Waals surface area contributed by atoms with Crippen molar-refractivity contribution in [1.82, 2.24) is 10.3 Å². The van der Waals surface area contributed by atoms with Crippen LogP contribution in [0.15, 0.2) is 51.4 Å². The summed E-state index contributed by atoms with van der Waals surface area (Å²) in [5.41, 5.74) is 3.87. The zero-order valence-corrected chi connectivity index (χ0v) is 16.3. The number of halogens is 1. The van der Waals surface area contributed by atoms with Crippen LogP contribution >= 0.6 is 27.3 Å². The lowest BCUT2D eigenvalue weighted by Gasteiger charge is -2.36. The summed E-state index contributed by atoms with van der Waals surface area (Å²) in [5, 5.41) is 5.99. The first-order valence-electron chi connectivity index (χ1n) is 8.29. The summed E-state index contributed by atoms with van der Waals surface area (Å²) < 4.78 is 1.03. The van der Waals surface area contributed by atoms with Gasteiger partial charge in [-0.1, -0.05) is 18.2 Å². The Kier molecular flexibility index (Phi) is 6.61. The van der Waals surface area contributed by atoms with Crippen molar-refractivity contribution in [3.8, 4) is 0 Å². The van der Waals surface area contributed by atoms with Crippen LogP contribution in [0.5, 0.6) is 0 Å². The summed E-state index contributed by atoms with van der Waals surface area (Å²) in [5.74, 6) is -0.0441. The van der Waals surface area contributed by atoms with Crippen LogP contribution in [-0.2, 0) is 4.79 Å². The molecule has 1 aromatic heterocycles. The summed E-state index contributed by atoms with van der Waals surface area (Å²) in [7, 11) is 0. The number of benzene rings is 1. The van der Waals surface area contributed by atoms with Gasteiger partial charge in [0.15, 0.2) is 0 Å². The van der Waals surface area contributed by atoms with E-state index in [0.29, 0.717) is 6.42 Å². The van der Waals surface area contributed by atoms with Gasteiger partial charge in [0.25, 0.3) is 0 Å². The van der Waals surface area contributed by atoms with Gasteiger partial charge in [0.1, 0.15) is 0 Å². The Morgan fingerprint density at radius 2 is 2.00 bits per heavy atom. The maximum absolute atomic E-state index is 11.9. The molecule has 1 saturated heterocycles.